The van der Waals surface area contributed by atoms with Crippen molar-refractivity contribution in [2.24, 2.45) is 4.99 Å². The summed E-state index contributed by atoms with van der Waals surface area (Å²) in [5, 5.41) is 6.45. The van der Waals surface area contributed by atoms with E-state index >= 15 is 0 Å². The lowest BCUT2D eigenvalue weighted by Crippen LogP contribution is -2.38. The van der Waals surface area contributed by atoms with E-state index in [-0.39, 0.29) is 24.0 Å². The van der Waals surface area contributed by atoms with E-state index in [4.69, 9.17) is 9.47 Å². The number of nitrogens with one attached hydrogen (secondary N) is 2. The van der Waals surface area contributed by atoms with E-state index < -0.39 is 0 Å². The fourth-order valence-corrected chi connectivity index (χ4v) is 1.90. The van der Waals surface area contributed by atoms with Crippen molar-refractivity contribution >= 4 is 29.9 Å². The van der Waals surface area contributed by atoms with Crippen molar-refractivity contribution in [1.82, 2.24) is 15.6 Å². The quantitative estimate of drug-likeness (QED) is 0.235. The van der Waals surface area contributed by atoms with Gasteiger partial charge in [0.15, 0.2) is 5.96 Å². The molecular formula is C17H31IN4O2. The number of aliphatic imine (C=N–C) groups is 1. The van der Waals surface area contributed by atoms with E-state index in [1.807, 2.05) is 25.1 Å². The molecule has 0 saturated heterocycles. The number of unbranched alkanes of at least 4 members (excludes halogenated alkanes) is 1. The highest BCUT2D eigenvalue weighted by atomic mass is 127. The zero-order valence-corrected chi connectivity index (χ0v) is 17.3. The molecule has 2 N–H and O–H groups in total. The molecule has 0 aliphatic heterocycles. The SMILES string of the molecule is CCCCOCCOCCNC(=NC)NCc1cccc(C)n1.I. The number of nitrogens with zero attached hydrogens (tertiary/aromatic N) is 2. The third-order valence-corrected chi connectivity index (χ3v) is 3.16. The molecule has 24 heavy (non-hydrogen) atoms. The molecule has 7 heteroatoms. The Morgan fingerprint density at radius 3 is 2.54 bits per heavy atom. The minimum absolute atomic E-state index is 0. The summed E-state index contributed by atoms with van der Waals surface area (Å²) in [5.41, 5.74) is 2.01. The molecule has 6 nitrogen and oxygen atoms in total. The second-order valence-electron chi connectivity index (χ2n) is 5.20. The minimum Gasteiger partial charge on any atom is -0.379 e. The number of ether oxygens (including phenoxy) is 2. The van der Waals surface area contributed by atoms with Gasteiger partial charge in [-0.15, -0.1) is 24.0 Å². The lowest BCUT2D eigenvalue weighted by atomic mass is 10.3. The Morgan fingerprint density at radius 2 is 1.88 bits per heavy atom. The molecule has 1 aromatic heterocycles. The van der Waals surface area contributed by atoms with Gasteiger partial charge in [-0.2, -0.15) is 0 Å². The van der Waals surface area contributed by atoms with Crippen LogP contribution in [0.5, 0.6) is 0 Å². The first-order chi connectivity index (χ1) is 11.3. The molecule has 0 saturated carbocycles. The zero-order valence-electron chi connectivity index (χ0n) is 15.0. The Morgan fingerprint density at radius 1 is 1.12 bits per heavy atom. The number of pyridine rings is 1. The average molecular weight is 450 g/mol. The van der Waals surface area contributed by atoms with Crippen LogP contribution in [-0.2, 0) is 16.0 Å². The standard InChI is InChI=1S/C17H30N4O2.HI/c1-4-5-10-22-12-13-23-11-9-19-17(18-3)20-14-16-8-6-7-15(2)21-16;/h6-8H,4-5,9-14H2,1-3H3,(H2,18,19,20);1H. The van der Waals surface area contributed by atoms with Crippen LogP contribution in [0, 0.1) is 6.92 Å². The van der Waals surface area contributed by atoms with Crippen molar-refractivity contribution < 1.29 is 9.47 Å². The molecular weight excluding hydrogens is 419 g/mol. The summed E-state index contributed by atoms with van der Waals surface area (Å²) in [6.07, 6.45) is 2.27. The van der Waals surface area contributed by atoms with Crippen LogP contribution in [0.2, 0.25) is 0 Å². The summed E-state index contributed by atoms with van der Waals surface area (Å²) in [5.74, 6) is 0.746. The summed E-state index contributed by atoms with van der Waals surface area (Å²) >= 11 is 0. The maximum Gasteiger partial charge on any atom is 0.191 e. The van der Waals surface area contributed by atoms with Crippen molar-refractivity contribution in [2.45, 2.75) is 33.2 Å². The summed E-state index contributed by atoms with van der Waals surface area (Å²) < 4.78 is 10.9. The molecule has 1 heterocycles. The van der Waals surface area contributed by atoms with Gasteiger partial charge in [-0.3, -0.25) is 9.98 Å². The van der Waals surface area contributed by atoms with Gasteiger partial charge in [0, 0.05) is 25.9 Å². The first-order valence-electron chi connectivity index (χ1n) is 8.28. The maximum atomic E-state index is 5.50. The minimum atomic E-state index is 0. The van der Waals surface area contributed by atoms with Gasteiger partial charge < -0.3 is 20.1 Å². The molecule has 0 amide bonds. The Balaban J connectivity index is 0.00000529. The average Bonchev–Trinajstić information content (AvgIpc) is 2.56. The van der Waals surface area contributed by atoms with Gasteiger partial charge in [-0.05, 0) is 25.5 Å². The topological polar surface area (TPSA) is 67.8 Å². The van der Waals surface area contributed by atoms with Crippen LogP contribution in [0.15, 0.2) is 23.2 Å². The molecule has 138 valence electrons. The fourth-order valence-electron chi connectivity index (χ4n) is 1.90. The summed E-state index contributed by atoms with van der Waals surface area (Å²) in [6, 6.07) is 5.99. The number of rotatable bonds is 11. The highest BCUT2D eigenvalue weighted by molar-refractivity contribution is 14.0. The van der Waals surface area contributed by atoms with Crippen LogP contribution in [0.4, 0.5) is 0 Å². The van der Waals surface area contributed by atoms with E-state index in [0.717, 1.165) is 36.8 Å². The highest BCUT2D eigenvalue weighted by Gasteiger charge is 1.99. The molecule has 0 aliphatic carbocycles. The number of aryl methyl sites for hydroxylation is 1. The molecule has 0 aromatic carbocycles. The molecule has 0 unspecified atom stereocenters. The molecule has 0 radical (unpaired) electrons. The molecule has 1 aromatic rings. The van der Waals surface area contributed by atoms with Gasteiger partial charge >= 0.3 is 0 Å². The van der Waals surface area contributed by atoms with Crippen LogP contribution in [0.25, 0.3) is 0 Å². The van der Waals surface area contributed by atoms with E-state index in [1.165, 1.54) is 0 Å². The van der Waals surface area contributed by atoms with Crippen LogP contribution in [-0.4, -0.2) is 51.0 Å². The summed E-state index contributed by atoms with van der Waals surface area (Å²) in [6.45, 7) is 8.23. The third-order valence-electron chi connectivity index (χ3n) is 3.16. The second-order valence-corrected chi connectivity index (χ2v) is 5.20. The van der Waals surface area contributed by atoms with Crippen LogP contribution in [0.1, 0.15) is 31.2 Å². The Hall–Kier alpha value is -0.930. The van der Waals surface area contributed by atoms with Crippen molar-refractivity contribution in [3.8, 4) is 0 Å². The van der Waals surface area contributed by atoms with E-state index in [1.54, 1.807) is 7.05 Å². The fraction of sp³-hybridized carbons (Fsp3) is 0.647. The predicted octanol–water partition coefficient (Wildman–Crippen LogP) is 2.51. The van der Waals surface area contributed by atoms with Gasteiger partial charge in [0.1, 0.15) is 0 Å². The molecule has 0 bridgehead atoms. The van der Waals surface area contributed by atoms with Crippen molar-refractivity contribution in [1.29, 1.82) is 0 Å². The van der Waals surface area contributed by atoms with Crippen LogP contribution < -0.4 is 10.6 Å². The highest BCUT2D eigenvalue weighted by Crippen LogP contribution is 1.97. The van der Waals surface area contributed by atoms with Gasteiger partial charge in [-0.1, -0.05) is 19.4 Å². The number of aromatic nitrogens is 1. The number of guanidine groups is 1. The van der Waals surface area contributed by atoms with E-state index in [2.05, 4.69) is 27.5 Å². The molecule has 0 spiro atoms. The summed E-state index contributed by atoms with van der Waals surface area (Å²) in [4.78, 5) is 8.63. The predicted molar refractivity (Wildman–Crippen MR) is 109 cm³/mol. The molecule has 0 aliphatic rings. The second kappa shape index (κ2) is 15.6. The Bertz CT molecular complexity index is 458. The first kappa shape index (κ1) is 23.1. The van der Waals surface area contributed by atoms with Gasteiger partial charge in [0.05, 0.1) is 32.1 Å². The van der Waals surface area contributed by atoms with E-state index in [9.17, 15) is 0 Å². The lowest BCUT2D eigenvalue weighted by Gasteiger charge is -2.12. The van der Waals surface area contributed by atoms with Crippen LogP contribution >= 0.6 is 24.0 Å². The van der Waals surface area contributed by atoms with Crippen molar-refractivity contribution in [2.75, 3.05) is 40.0 Å². The maximum absolute atomic E-state index is 5.50. The smallest absolute Gasteiger partial charge is 0.191 e. The molecule has 0 fully saturated rings. The van der Waals surface area contributed by atoms with E-state index in [0.29, 0.717) is 32.9 Å². The van der Waals surface area contributed by atoms with Gasteiger partial charge in [0.25, 0.3) is 0 Å². The number of hydrogen-bond acceptors (Lipinski definition) is 4. The third kappa shape index (κ3) is 11.6. The zero-order chi connectivity index (χ0) is 16.8. The normalized spacial score (nSPS) is 11.0. The Labute approximate surface area is 162 Å². The molecule has 0 atom stereocenters. The lowest BCUT2D eigenvalue weighted by molar-refractivity contribution is 0.0487. The number of halogens is 1. The van der Waals surface area contributed by atoms with Crippen molar-refractivity contribution in [3.63, 3.8) is 0 Å². The monoisotopic (exact) mass is 450 g/mol. The van der Waals surface area contributed by atoms with Gasteiger partial charge in [-0.25, -0.2) is 0 Å². The largest absolute Gasteiger partial charge is 0.379 e. The number of hydrogen-bond donors (Lipinski definition) is 2. The summed E-state index contributed by atoms with van der Waals surface area (Å²) in [7, 11) is 1.75. The Kier molecular flexibility index (Phi) is 15.0. The van der Waals surface area contributed by atoms with Crippen molar-refractivity contribution in [3.05, 3.63) is 29.6 Å². The van der Waals surface area contributed by atoms with Crippen LogP contribution in [0.3, 0.4) is 0 Å². The molecule has 1 rings (SSSR count). The van der Waals surface area contributed by atoms with Gasteiger partial charge in [0.2, 0.25) is 0 Å². The first-order valence-corrected chi connectivity index (χ1v) is 8.28.